The van der Waals surface area contributed by atoms with Gasteiger partial charge in [0, 0.05) is 40.2 Å². The monoisotopic (exact) mass is 734 g/mol. The third kappa shape index (κ3) is 8.24. The Balaban J connectivity index is 1.14. The molecule has 262 valence electrons. The van der Waals surface area contributed by atoms with Gasteiger partial charge in [0.15, 0.2) is 11.6 Å². The zero-order valence-corrected chi connectivity index (χ0v) is 30.2. The topological polar surface area (TPSA) is 105 Å². The molecule has 2 aromatic heterocycles. The van der Waals surface area contributed by atoms with Gasteiger partial charge in [-0.25, -0.2) is 0 Å². The van der Waals surface area contributed by atoms with Crippen molar-refractivity contribution in [2.45, 2.75) is 28.2 Å². The molecule has 2 bridgehead atoms. The van der Waals surface area contributed by atoms with Gasteiger partial charge in [-0.2, -0.15) is 19.6 Å². The van der Waals surface area contributed by atoms with E-state index in [9.17, 15) is 0 Å². The van der Waals surface area contributed by atoms with Crippen molar-refractivity contribution in [3.05, 3.63) is 156 Å². The molecule has 0 radical (unpaired) electrons. The number of aromatic nitrogens is 6. The molecule has 1 aliphatic rings. The number of thioether (sulfide) groups is 2. The van der Waals surface area contributed by atoms with Crippen molar-refractivity contribution in [2.24, 2.45) is 10.2 Å². The zero-order chi connectivity index (χ0) is 35.7. The normalized spacial score (nSPS) is 14.9. The molecule has 12 heteroatoms. The maximum absolute atomic E-state index is 6.25. The van der Waals surface area contributed by atoms with Gasteiger partial charge in [0.2, 0.25) is 10.3 Å². The molecule has 7 aromatic rings. The lowest BCUT2D eigenvalue weighted by Crippen LogP contribution is -2.07. The van der Waals surface area contributed by atoms with Crippen LogP contribution in [0.5, 0.6) is 11.5 Å². The molecule has 1 aliphatic heterocycles. The number of ether oxygens (including phenoxy) is 2. The van der Waals surface area contributed by atoms with E-state index in [0.29, 0.717) is 53.1 Å². The third-order valence-corrected chi connectivity index (χ3v) is 10.3. The Morgan fingerprint density at radius 2 is 0.925 bits per heavy atom. The fourth-order valence-electron chi connectivity index (χ4n) is 5.66. The minimum Gasteiger partial charge on any atom is -0.493 e. The van der Waals surface area contributed by atoms with Crippen LogP contribution in [0.15, 0.2) is 154 Å². The van der Waals surface area contributed by atoms with Crippen molar-refractivity contribution in [1.29, 1.82) is 0 Å². The molecule has 0 amide bonds. The molecule has 3 heterocycles. The van der Waals surface area contributed by atoms with Gasteiger partial charge in [0.05, 0.1) is 25.6 Å². The van der Waals surface area contributed by atoms with E-state index < -0.39 is 0 Å². The maximum Gasteiger partial charge on any atom is 0.212 e. The summed E-state index contributed by atoms with van der Waals surface area (Å²) in [6.07, 6.45) is 4.28. The molecular weight excluding hydrogens is 701 g/mol. The molecule has 10 nitrogen and oxygen atoms in total. The number of nitrogens with zero attached hydrogens (tertiary/aromatic N) is 8. The average molecular weight is 735 g/mol. The van der Waals surface area contributed by atoms with Crippen LogP contribution in [0, 0.1) is 0 Å². The fourth-order valence-corrected chi connectivity index (χ4v) is 7.32. The van der Waals surface area contributed by atoms with Crippen LogP contribution in [0.4, 0.5) is 0 Å². The Morgan fingerprint density at radius 1 is 0.472 bits per heavy atom. The summed E-state index contributed by atoms with van der Waals surface area (Å²) in [6, 6.07) is 44.2. The lowest BCUT2D eigenvalue weighted by atomic mass is 10.2. The van der Waals surface area contributed by atoms with E-state index in [1.807, 2.05) is 109 Å². The Bertz CT molecular complexity index is 2200. The van der Waals surface area contributed by atoms with Crippen molar-refractivity contribution >= 4 is 36.0 Å². The highest BCUT2D eigenvalue weighted by molar-refractivity contribution is 7.98. The first-order valence-corrected chi connectivity index (χ1v) is 19.1. The van der Waals surface area contributed by atoms with Gasteiger partial charge in [-0.15, -0.1) is 20.4 Å². The highest BCUT2D eigenvalue weighted by Crippen LogP contribution is 2.30. The molecule has 53 heavy (non-hydrogen) atoms. The van der Waals surface area contributed by atoms with Gasteiger partial charge >= 0.3 is 0 Å². The predicted octanol–water partition coefficient (Wildman–Crippen LogP) is 8.71. The van der Waals surface area contributed by atoms with Crippen molar-refractivity contribution in [3.63, 3.8) is 0 Å². The van der Waals surface area contributed by atoms with Gasteiger partial charge in [-0.3, -0.25) is 0 Å². The summed E-state index contributed by atoms with van der Waals surface area (Å²) in [5.41, 5.74) is 5.86. The van der Waals surface area contributed by atoms with Crippen LogP contribution in [0.3, 0.4) is 0 Å². The number of hydrogen-bond acceptors (Lipinski definition) is 10. The summed E-state index contributed by atoms with van der Waals surface area (Å²) in [6.45, 7) is 0.926. The van der Waals surface area contributed by atoms with Gasteiger partial charge in [-0.05, 0) is 35.4 Å². The summed E-state index contributed by atoms with van der Waals surface area (Å²) in [5, 5.41) is 29.4. The number of para-hydroxylation sites is 2. The van der Waals surface area contributed by atoms with E-state index in [0.717, 1.165) is 44.9 Å². The Kier molecular flexibility index (Phi) is 10.7. The summed E-state index contributed by atoms with van der Waals surface area (Å²) in [7, 11) is 0. The van der Waals surface area contributed by atoms with Crippen LogP contribution in [0.25, 0.3) is 22.8 Å². The van der Waals surface area contributed by atoms with Crippen molar-refractivity contribution in [1.82, 2.24) is 29.7 Å². The molecule has 0 N–H and O–H groups in total. The van der Waals surface area contributed by atoms with Crippen LogP contribution in [-0.2, 0) is 11.5 Å². The van der Waals surface area contributed by atoms with Crippen molar-refractivity contribution < 1.29 is 9.47 Å². The second-order valence-electron chi connectivity index (χ2n) is 12.0. The number of rotatable bonds is 2. The van der Waals surface area contributed by atoms with E-state index in [4.69, 9.17) is 19.7 Å². The van der Waals surface area contributed by atoms with E-state index in [1.54, 1.807) is 45.3 Å². The van der Waals surface area contributed by atoms with Crippen molar-refractivity contribution in [2.75, 3.05) is 13.2 Å². The van der Waals surface area contributed by atoms with Crippen LogP contribution >= 0.6 is 23.5 Å². The lowest BCUT2D eigenvalue weighted by molar-refractivity contribution is 0.247. The molecule has 0 unspecified atom stereocenters. The molecule has 0 saturated carbocycles. The van der Waals surface area contributed by atoms with E-state index in [-0.39, 0.29) is 0 Å². The molecule has 0 atom stereocenters. The van der Waals surface area contributed by atoms with Gasteiger partial charge in [0.1, 0.15) is 11.5 Å². The van der Waals surface area contributed by atoms with E-state index in [2.05, 4.69) is 44.7 Å². The standard InChI is InChI=1S/C41H34N8O2S2/c1-3-15-32(16-4-1)38-44-46-40-48(38)42-26-34-19-7-9-21-36(34)50-23-12-24-51-37-22-10-8-20-35(37)27-43-49-39(33-17-5-2-6-18-33)45-47-41(49)53-29-31-14-11-13-30(25-31)28-52-40/h1-11,13-22,25-27H,12,23-24,28-29H2/b42-26+,43-27+. The number of fused-ring (bicyclic) bond motifs is 6. The lowest BCUT2D eigenvalue weighted by Gasteiger charge is -2.12. The minimum absolute atomic E-state index is 0.463. The molecular formula is C41H34N8O2S2. The first-order chi connectivity index (χ1) is 26.3. The Hall–Kier alpha value is -5.98. The quantitative estimate of drug-likeness (QED) is 0.174. The van der Waals surface area contributed by atoms with Gasteiger partial charge < -0.3 is 9.47 Å². The highest BCUT2D eigenvalue weighted by atomic mass is 32.2. The first-order valence-electron chi connectivity index (χ1n) is 17.2. The number of benzene rings is 5. The first kappa shape index (κ1) is 34.1. The molecule has 8 rings (SSSR count). The molecule has 0 saturated heterocycles. The van der Waals surface area contributed by atoms with Gasteiger partial charge in [0.25, 0.3) is 0 Å². The van der Waals surface area contributed by atoms with Crippen LogP contribution < -0.4 is 9.47 Å². The van der Waals surface area contributed by atoms with Crippen molar-refractivity contribution in [3.8, 4) is 34.3 Å². The summed E-state index contributed by atoms with van der Waals surface area (Å²) < 4.78 is 16.1. The zero-order valence-electron chi connectivity index (χ0n) is 28.6. The third-order valence-electron chi connectivity index (χ3n) is 8.28. The summed E-state index contributed by atoms with van der Waals surface area (Å²) in [4.78, 5) is 0. The summed E-state index contributed by atoms with van der Waals surface area (Å²) >= 11 is 3.17. The summed E-state index contributed by atoms with van der Waals surface area (Å²) in [5.74, 6) is 4.15. The minimum atomic E-state index is 0.463. The number of hydrogen-bond donors (Lipinski definition) is 0. The smallest absolute Gasteiger partial charge is 0.212 e. The Morgan fingerprint density at radius 3 is 1.42 bits per heavy atom. The molecule has 0 spiro atoms. The van der Waals surface area contributed by atoms with E-state index >= 15 is 0 Å². The SMILES string of the molecule is C1=N/n2c(nnc2-c2ccccc2)SCc2cccc(c2)CSc2nnc(-c3ccccc3)n2/N=C/c2ccccc2OCCCOc2ccccc2/1. The highest BCUT2D eigenvalue weighted by Gasteiger charge is 2.17. The maximum atomic E-state index is 6.25. The molecule has 0 aliphatic carbocycles. The van der Waals surface area contributed by atoms with Crippen LogP contribution in [0.2, 0.25) is 0 Å². The second-order valence-corrected chi connectivity index (χ2v) is 13.9. The molecule has 5 aromatic carbocycles. The van der Waals surface area contributed by atoms with Crippen LogP contribution in [0.1, 0.15) is 28.7 Å². The Labute approximate surface area is 315 Å². The molecule has 0 fully saturated rings. The predicted molar refractivity (Wildman–Crippen MR) is 211 cm³/mol. The fraction of sp³-hybridized carbons (Fsp3) is 0.122. The average Bonchev–Trinajstić information content (AvgIpc) is 3.82. The van der Waals surface area contributed by atoms with Crippen LogP contribution in [-0.4, -0.2) is 55.4 Å². The van der Waals surface area contributed by atoms with Gasteiger partial charge in [-0.1, -0.05) is 133 Å². The van der Waals surface area contributed by atoms with E-state index in [1.165, 1.54) is 0 Å². The second kappa shape index (κ2) is 16.6. The largest absolute Gasteiger partial charge is 0.493 e.